The number of anilines is 1. The van der Waals surface area contributed by atoms with E-state index in [2.05, 4.69) is 28.5 Å². The van der Waals surface area contributed by atoms with Crippen LogP contribution in [0.4, 0.5) is 5.69 Å². The van der Waals surface area contributed by atoms with Crippen molar-refractivity contribution in [1.29, 1.82) is 0 Å². The molecule has 6 heteroatoms. The molecule has 2 aromatic carbocycles. The van der Waals surface area contributed by atoms with Gasteiger partial charge in [-0.1, -0.05) is 55.9 Å². The lowest BCUT2D eigenvalue weighted by Gasteiger charge is -2.14. The van der Waals surface area contributed by atoms with Crippen LogP contribution in [0.25, 0.3) is 16.6 Å². The van der Waals surface area contributed by atoms with Crippen LogP contribution in [0.5, 0.6) is 0 Å². The second-order valence-electron chi connectivity index (χ2n) is 6.62. The first-order chi connectivity index (χ1) is 13.7. The van der Waals surface area contributed by atoms with Crippen molar-refractivity contribution in [3.8, 4) is 0 Å². The molecule has 4 aromatic rings. The predicted octanol–water partition coefficient (Wildman–Crippen LogP) is 4.95. The zero-order valence-corrected chi connectivity index (χ0v) is 16.7. The Bertz CT molecular complexity index is 1120. The second-order valence-corrected chi connectivity index (χ2v) is 7.79. The molecule has 1 unspecified atom stereocenters. The highest BCUT2D eigenvalue weighted by molar-refractivity contribution is 8.00. The van der Waals surface area contributed by atoms with Crippen LogP contribution in [0.2, 0.25) is 0 Å². The quantitative estimate of drug-likeness (QED) is 0.473. The smallest absolute Gasteiger partial charge is 0.237 e. The Morgan fingerprint density at radius 1 is 1.04 bits per heavy atom. The van der Waals surface area contributed by atoms with Gasteiger partial charge < -0.3 is 5.32 Å². The Morgan fingerprint density at radius 2 is 1.82 bits per heavy atom. The minimum Gasteiger partial charge on any atom is -0.325 e. The van der Waals surface area contributed by atoms with E-state index in [1.807, 2.05) is 65.9 Å². The average Bonchev–Trinajstić information content (AvgIpc) is 3.15. The van der Waals surface area contributed by atoms with Gasteiger partial charge in [0.25, 0.3) is 0 Å². The van der Waals surface area contributed by atoms with Crippen LogP contribution in [0.3, 0.4) is 0 Å². The lowest BCUT2D eigenvalue weighted by atomic mass is 10.1. The zero-order valence-electron chi connectivity index (χ0n) is 15.9. The van der Waals surface area contributed by atoms with Gasteiger partial charge in [-0.05, 0) is 54.1 Å². The standard InChI is InChI=1S/C22H22N4OS/c1-3-15-9-12-17(13-10-15)23-21(27)19(4-2)28-22-25-24-20-14-11-16-7-5-6-8-18(16)26(20)22/h5-14,19H,3-4H2,1-2H3,(H,23,27). The Morgan fingerprint density at radius 3 is 2.57 bits per heavy atom. The van der Waals surface area contributed by atoms with Crippen molar-refractivity contribution in [2.24, 2.45) is 0 Å². The van der Waals surface area contributed by atoms with Crippen molar-refractivity contribution in [3.63, 3.8) is 0 Å². The van der Waals surface area contributed by atoms with Gasteiger partial charge in [-0.25, -0.2) is 0 Å². The molecule has 28 heavy (non-hydrogen) atoms. The van der Waals surface area contributed by atoms with Crippen molar-refractivity contribution in [1.82, 2.24) is 14.6 Å². The number of benzene rings is 2. The molecule has 1 amide bonds. The highest BCUT2D eigenvalue weighted by Crippen LogP contribution is 2.28. The van der Waals surface area contributed by atoms with Crippen molar-refractivity contribution in [2.75, 3.05) is 5.32 Å². The average molecular weight is 391 g/mol. The molecule has 1 atom stereocenters. The SMILES string of the molecule is CCc1ccc(NC(=O)C(CC)Sc2nnc3ccc4ccccc4n23)cc1. The molecule has 5 nitrogen and oxygen atoms in total. The van der Waals surface area contributed by atoms with Crippen LogP contribution in [-0.4, -0.2) is 25.8 Å². The molecule has 2 heterocycles. The van der Waals surface area contributed by atoms with Crippen molar-refractivity contribution < 1.29 is 4.79 Å². The zero-order chi connectivity index (χ0) is 19.5. The Balaban J connectivity index is 1.59. The van der Waals surface area contributed by atoms with Gasteiger partial charge in [-0.2, -0.15) is 0 Å². The third kappa shape index (κ3) is 3.60. The summed E-state index contributed by atoms with van der Waals surface area (Å²) in [7, 11) is 0. The monoisotopic (exact) mass is 390 g/mol. The summed E-state index contributed by atoms with van der Waals surface area (Å²) >= 11 is 1.45. The van der Waals surface area contributed by atoms with Gasteiger partial charge in [-0.3, -0.25) is 9.20 Å². The number of aryl methyl sites for hydroxylation is 1. The molecular formula is C22H22N4OS. The molecule has 0 spiro atoms. The molecule has 4 rings (SSSR count). The molecular weight excluding hydrogens is 368 g/mol. The van der Waals surface area contributed by atoms with E-state index in [1.54, 1.807) is 0 Å². The van der Waals surface area contributed by atoms with Crippen molar-refractivity contribution in [3.05, 3.63) is 66.2 Å². The largest absolute Gasteiger partial charge is 0.325 e. The summed E-state index contributed by atoms with van der Waals surface area (Å²) in [4.78, 5) is 12.8. The molecule has 0 aliphatic heterocycles. The maximum absolute atomic E-state index is 12.8. The van der Waals surface area contributed by atoms with E-state index in [0.717, 1.165) is 33.8 Å². The first-order valence-corrected chi connectivity index (χ1v) is 10.4. The lowest BCUT2D eigenvalue weighted by molar-refractivity contribution is -0.115. The first-order valence-electron chi connectivity index (χ1n) is 9.49. The third-order valence-electron chi connectivity index (χ3n) is 4.79. The molecule has 0 radical (unpaired) electrons. The fourth-order valence-corrected chi connectivity index (χ4v) is 4.16. The first kappa shape index (κ1) is 18.5. The highest BCUT2D eigenvalue weighted by Gasteiger charge is 2.21. The van der Waals surface area contributed by atoms with E-state index in [9.17, 15) is 4.79 Å². The van der Waals surface area contributed by atoms with E-state index in [-0.39, 0.29) is 11.2 Å². The number of hydrogen-bond donors (Lipinski definition) is 1. The number of thioether (sulfide) groups is 1. The maximum Gasteiger partial charge on any atom is 0.237 e. The number of pyridine rings is 1. The molecule has 0 aliphatic carbocycles. The summed E-state index contributed by atoms with van der Waals surface area (Å²) in [6.07, 6.45) is 1.68. The van der Waals surface area contributed by atoms with Crippen LogP contribution in [-0.2, 0) is 11.2 Å². The molecule has 2 aromatic heterocycles. The number of carbonyl (C=O) groups excluding carboxylic acids is 1. The number of rotatable bonds is 6. The number of amides is 1. The molecule has 0 aliphatic rings. The second kappa shape index (κ2) is 8.02. The number of aromatic nitrogens is 3. The van der Waals surface area contributed by atoms with Gasteiger partial charge >= 0.3 is 0 Å². The Kier molecular flexibility index (Phi) is 5.30. The van der Waals surface area contributed by atoms with Gasteiger partial charge in [0, 0.05) is 5.69 Å². The minimum atomic E-state index is -0.253. The van der Waals surface area contributed by atoms with Crippen LogP contribution < -0.4 is 5.32 Å². The van der Waals surface area contributed by atoms with Crippen LogP contribution in [0, 0.1) is 0 Å². The number of nitrogens with one attached hydrogen (secondary N) is 1. The molecule has 142 valence electrons. The highest BCUT2D eigenvalue weighted by atomic mass is 32.2. The number of para-hydroxylation sites is 1. The summed E-state index contributed by atoms with van der Waals surface area (Å²) in [5.74, 6) is -0.0197. The minimum absolute atomic E-state index is 0.0197. The van der Waals surface area contributed by atoms with Crippen LogP contribution in [0.1, 0.15) is 25.8 Å². The van der Waals surface area contributed by atoms with Gasteiger partial charge in [0.2, 0.25) is 5.91 Å². The van der Waals surface area contributed by atoms with Gasteiger partial charge in [0.15, 0.2) is 10.8 Å². The Labute approximate surface area is 168 Å². The fourth-order valence-electron chi connectivity index (χ4n) is 3.18. The summed E-state index contributed by atoms with van der Waals surface area (Å²) < 4.78 is 2.02. The third-order valence-corrected chi connectivity index (χ3v) is 6.10. The molecule has 0 saturated carbocycles. The normalized spacial score (nSPS) is 12.4. The van der Waals surface area contributed by atoms with E-state index in [0.29, 0.717) is 6.42 Å². The van der Waals surface area contributed by atoms with Crippen LogP contribution in [0.15, 0.2) is 65.8 Å². The lowest BCUT2D eigenvalue weighted by Crippen LogP contribution is -2.24. The van der Waals surface area contributed by atoms with E-state index < -0.39 is 0 Å². The number of carbonyl (C=O) groups is 1. The topological polar surface area (TPSA) is 59.3 Å². The number of nitrogens with zero attached hydrogens (tertiary/aromatic N) is 3. The number of fused-ring (bicyclic) bond motifs is 3. The van der Waals surface area contributed by atoms with Crippen LogP contribution >= 0.6 is 11.8 Å². The number of hydrogen-bond acceptors (Lipinski definition) is 4. The molecule has 0 fully saturated rings. The van der Waals surface area contributed by atoms with E-state index in [4.69, 9.17) is 0 Å². The summed E-state index contributed by atoms with van der Waals surface area (Å²) in [6, 6.07) is 20.1. The van der Waals surface area contributed by atoms with Crippen molar-refractivity contribution in [2.45, 2.75) is 37.1 Å². The maximum atomic E-state index is 12.8. The van der Waals surface area contributed by atoms with E-state index >= 15 is 0 Å². The summed E-state index contributed by atoms with van der Waals surface area (Å²) in [5, 5.41) is 13.2. The summed E-state index contributed by atoms with van der Waals surface area (Å²) in [5.41, 5.74) is 3.89. The molecule has 0 saturated heterocycles. The fraction of sp³-hybridized carbons (Fsp3) is 0.227. The predicted molar refractivity (Wildman–Crippen MR) is 115 cm³/mol. The molecule has 1 N–H and O–H groups in total. The Hall–Kier alpha value is -2.86. The van der Waals surface area contributed by atoms with Gasteiger partial charge in [0.1, 0.15) is 0 Å². The summed E-state index contributed by atoms with van der Waals surface area (Å²) in [6.45, 7) is 4.13. The molecule has 0 bridgehead atoms. The van der Waals surface area contributed by atoms with Gasteiger partial charge in [0.05, 0.1) is 10.8 Å². The van der Waals surface area contributed by atoms with Crippen molar-refractivity contribution >= 4 is 39.9 Å². The van der Waals surface area contributed by atoms with E-state index in [1.165, 1.54) is 17.3 Å². The van der Waals surface area contributed by atoms with Gasteiger partial charge in [-0.15, -0.1) is 10.2 Å².